The van der Waals surface area contributed by atoms with Crippen molar-refractivity contribution in [3.63, 3.8) is 0 Å². The molecule has 1 unspecified atom stereocenters. The molecule has 3 amide bonds. The largest absolute Gasteiger partial charge is 0.386 e. The molecular formula is C42H47N11O4. The van der Waals surface area contributed by atoms with Gasteiger partial charge in [-0.2, -0.15) is 15.5 Å². The highest BCUT2D eigenvalue weighted by molar-refractivity contribution is 6.05. The molecule has 1 saturated carbocycles. The molecule has 0 radical (unpaired) electrons. The zero-order valence-corrected chi connectivity index (χ0v) is 32.3. The number of carbonyl (C=O) groups excluding carboxylic acids is 3. The number of nitriles is 1. The summed E-state index contributed by atoms with van der Waals surface area (Å²) in [5.41, 5.74) is 3.81. The normalized spacial score (nSPS) is 22.7. The van der Waals surface area contributed by atoms with E-state index in [1.54, 1.807) is 32.0 Å². The maximum Gasteiger partial charge on any atom is 0.274 e. The van der Waals surface area contributed by atoms with E-state index in [0.29, 0.717) is 53.0 Å². The van der Waals surface area contributed by atoms with Crippen molar-refractivity contribution in [3.8, 4) is 6.07 Å². The molecule has 0 spiro atoms. The van der Waals surface area contributed by atoms with Gasteiger partial charge in [-0.05, 0) is 88.4 Å². The molecule has 294 valence electrons. The van der Waals surface area contributed by atoms with Crippen molar-refractivity contribution in [2.75, 3.05) is 49.5 Å². The Bertz CT molecular complexity index is 2390. The van der Waals surface area contributed by atoms with Gasteiger partial charge in [0.15, 0.2) is 0 Å². The van der Waals surface area contributed by atoms with Crippen LogP contribution in [0.25, 0.3) is 16.4 Å². The number of piperazine rings is 1. The molecule has 9 rings (SSSR count). The van der Waals surface area contributed by atoms with Gasteiger partial charge in [-0.25, -0.2) is 4.52 Å². The number of benzene rings is 1. The zero-order valence-electron chi connectivity index (χ0n) is 32.3. The number of rotatable bonds is 8. The van der Waals surface area contributed by atoms with Crippen molar-refractivity contribution in [2.24, 2.45) is 0 Å². The number of imide groups is 1. The minimum atomic E-state index is -1.23. The minimum Gasteiger partial charge on any atom is -0.386 e. The predicted octanol–water partition coefficient (Wildman–Crippen LogP) is 3.94. The Morgan fingerprint density at radius 3 is 2.35 bits per heavy atom. The first-order chi connectivity index (χ1) is 27.5. The van der Waals surface area contributed by atoms with E-state index in [2.05, 4.69) is 52.4 Å². The second-order valence-corrected chi connectivity index (χ2v) is 16.5. The lowest BCUT2D eigenvalue weighted by Gasteiger charge is -2.50. The molecule has 4 aliphatic rings. The second kappa shape index (κ2) is 14.7. The van der Waals surface area contributed by atoms with Gasteiger partial charge in [-0.3, -0.25) is 39.2 Å². The van der Waals surface area contributed by atoms with Crippen molar-refractivity contribution in [1.29, 1.82) is 5.26 Å². The molecule has 15 heteroatoms. The number of piperidine rings is 1. The van der Waals surface area contributed by atoms with Crippen LogP contribution in [-0.4, -0.2) is 108 Å². The molecule has 7 heterocycles. The highest BCUT2D eigenvalue weighted by atomic mass is 16.3. The molecule has 1 aromatic carbocycles. The minimum absolute atomic E-state index is 0.211. The summed E-state index contributed by atoms with van der Waals surface area (Å²) < 4.78 is 3.58. The quantitative estimate of drug-likeness (QED) is 0.195. The molecule has 57 heavy (non-hydrogen) atoms. The SMILES string of the molecule is CC(C)(O)c1cc2nn(C3CCC(N4CCN(C5CN(c6ccc(C7CCC(=O)NC7=O)nc6)C5)CC4)CC3)cc2cc1NC(=O)c1ccc2cc(C#N)cnn12. The summed E-state index contributed by atoms with van der Waals surface area (Å²) in [6.45, 7) is 9.63. The molecule has 3 saturated heterocycles. The molecule has 15 nitrogen and oxygen atoms in total. The van der Waals surface area contributed by atoms with Gasteiger partial charge < -0.3 is 15.3 Å². The number of carbonyl (C=O) groups is 3. The van der Waals surface area contributed by atoms with Crippen LogP contribution < -0.4 is 15.5 Å². The van der Waals surface area contributed by atoms with Crippen molar-refractivity contribution < 1.29 is 19.5 Å². The molecule has 4 fully saturated rings. The van der Waals surface area contributed by atoms with E-state index < -0.39 is 5.60 Å². The number of aliphatic hydroxyl groups is 1. The Morgan fingerprint density at radius 2 is 1.67 bits per heavy atom. The van der Waals surface area contributed by atoms with E-state index in [1.807, 2.05) is 30.5 Å². The number of nitrogens with one attached hydrogen (secondary N) is 2. The zero-order chi connectivity index (χ0) is 39.4. The molecule has 4 aromatic heterocycles. The molecule has 1 atom stereocenters. The Morgan fingerprint density at radius 1 is 0.930 bits per heavy atom. The Labute approximate surface area is 330 Å². The maximum absolute atomic E-state index is 13.5. The lowest BCUT2D eigenvalue weighted by atomic mass is 9.89. The van der Waals surface area contributed by atoms with Crippen LogP contribution >= 0.6 is 0 Å². The smallest absolute Gasteiger partial charge is 0.274 e. The molecule has 3 N–H and O–H groups in total. The first-order valence-corrected chi connectivity index (χ1v) is 20.0. The fraction of sp³-hybridized carbons (Fsp3) is 0.452. The number of amides is 3. The lowest BCUT2D eigenvalue weighted by Crippen LogP contribution is -2.64. The topological polar surface area (TPSA) is 177 Å². The third-order valence-corrected chi connectivity index (χ3v) is 12.4. The number of aromatic nitrogens is 5. The van der Waals surface area contributed by atoms with Crippen LogP contribution in [0.2, 0.25) is 0 Å². The van der Waals surface area contributed by atoms with Crippen molar-refractivity contribution in [3.05, 3.63) is 83.6 Å². The van der Waals surface area contributed by atoms with E-state index >= 15 is 0 Å². The number of anilines is 2. The molecular weight excluding hydrogens is 723 g/mol. The Kier molecular flexibility index (Phi) is 9.50. The molecule has 3 aliphatic heterocycles. The average Bonchev–Trinajstić information content (AvgIpc) is 3.81. The van der Waals surface area contributed by atoms with Crippen LogP contribution in [0.4, 0.5) is 11.4 Å². The lowest BCUT2D eigenvalue weighted by molar-refractivity contribution is -0.134. The Balaban J connectivity index is 0.779. The van der Waals surface area contributed by atoms with Crippen LogP contribution in [0.3, 0.4) is 0 Å². The number of pyridine rings is 1. The first kappa shape index (κ1) is 36.9. The van der Waals surface area contributed by atoms with Crippen molar-refractivity contribution >= 4 is 45.5 Å². The number of fused-ring (bicyclic) bond motifs is 2. The number of nitrogens with zero attached hydrogens (tertiary/aromatic N) is 9. The van der Waals surface area contributed by atoms with Gasteiger partial charge in [0.2, 0.25) is 11.8 Å². The van der Waals surface area contributed by atoms with Gasteiger partial charge in [-0.15, -0.1) is 0 Å². The Hall–Kier alpha value is -5.69. The van der Waals surface area contributed by atoms with E-state index in [9.17, 15) is 24.8 Å². The summed E-state index contributed by atoms with van der Waals surface area (Å²) in [7, 11) is 0. The van der Waals surface area contributed by atoms with Crippen LogP contribution in [-0.2, 0) is 15.2 Å². The fourth-order valence-electron chi connectivity index (χ4n) is 9.13. The van der Waals surface area contributed by atoms with Gasteiger partial charge >= 0.3 is 0 Å². The molecule has 0 bridgehead atoms. The summed E-state index contributed by atoms with van der Waals surface area (Å²) in [6, 6.07) is 16.3. The number of hydrogen-bond acceptors (Lipinski definition) is 11. The summed E-state index contributed by atoms with van der Waals surface area (Å²) in [5, 5.41) is 35.9. The molecule has 1 aliphatic carbocycles. The van der Waals surface area contributed by atoms with Gasteiger partial charge in [-0.1, -0.05) is 0 Å². The fourth-order valence-corrected chi connectivity index (χ4v) is 9.13. The summed E-state index contributed by atoms with van der Waals surface area (Å²) >= 11 is 0. The predicted molar refractivity (Wildman–Crippen MR) is 213 cm³/mol. The third kappa shape index (κ3) is 7.24. The van der Waals surface area contributed by atoms with E-state index in [-0.39, 0.29) is 29.7 Å². The van der Waals surface area contributed by atoms with E-state index in [0.717, 1.165) is 87.2 Å². The monoisotopic (exact) mass is 769 g/mol. The van der Waals surface area contributed by atoms with Crippen LogP contribution in [0.15, 0.2) is 61.1 Å². The summed E-state index contributed by atoms with van der Waals surface area (Å²) in [5.74, 6) is -1.19. The van der Waals surface area contributed by atoms with Gasteiger partial charge in [0.05, 0.1) is 57.9 Å². The van der Waals surface area contributed by atoms with Crippen LogP contribution in [0.1, 0.15) is 91.6 Å². The standard InChI is InChI=1S/C42H47N11O4/c1-42(2,57)34-19-36-27(18-37(34)46-41(56)38-11-8-30-17-26(20-43)21-45-53(30)38)23-52(48-36)29-5-3-28(4-6-29)49-13-15-50(16-14-49)32-24-51(25-32)31-7-10-35(44-22-31)33-9-12-39(54)47-40(33)55/h7-8,10-11,17-19,21-23,28-29,32-33,57H,3-6,9,12-16,24-25H2,1-2H3,(H,46,56)(H,47,54,55). The van der Waals surface area contributed by atoms with Crippen molar-refractivity contribution in [2.45, 2.75) is 82.0 Å². The second-order valence-electron chi connectivity index (χ2n) is 16.5. The summed E-state index contributed by atoms with van der Waals surface area (Å²) in [6.07, 6.45) is 10.5. The highest BCUT2D eigenvalue weighted by Gasteiger charge is 2.37. The van der Waals surface area contributed by atoms with E-state index in [1.165, 1.54) is 10.7 Å². The average molecular weight is 770 g/mol. The third-order valence-electron chi connectivity index (χ3n) is 12.4. The van der Waals surface area contributed by atoms with Gasteiger partial charge in [0, 0.05) is 80.6 Å². The highest BCUT2D eigenvalue weighted by Crippen LogP contribution is 2.36. The van der Waals surface area contributed by atoms with Crippen LogP contribution in [0, 0.1) is 11.3 Å². The number of hydrogen-bond donors (Lipinski definition) is 3. The van der Waals surface area contributed by atoms with Crippen molar-refractivity contribution in [1.82, 2.24) is 39.5 Å². The van der Waals surface area contributed by atoms with Crippen LogP contribution in [0.5, 0.6) is 0 Å². The first-order valence-electron chi connectivity index (χ1n) is 20.0. The van der Waals surface area contributed by atoms with E-state index in [4.69, 9.17) is 5.10 Å². The molecule has 5 aromatic rings. The van der Waals surface area contributed by atoms with Gasteiger partial charge in [0.1, 0.15) is 11.8 Å². The summed E-state index contributed by atoms with van der Waals surface area (Å²) in [4.78, 5) is 49.5. The van der Waals surface area contributed by atoms with Gasteiger partial charge in [0.25, 0.3) is 5.91 Å². The maximum atomic E-state index is 13.5.